The number of rotatable bonds is 6. The van der Waals surface area contributed by atoms with E-state index in [9.17, 15) is 8.42 Å². The zero-order chi connectivity index (χ0) is 20.4. The van der Waals surface area contributed by atoms with Crippen molar-refractivity contribution in [2.75, 3.05) is 7.11 Å². The number of aromatic nitrogens is 2. The van der Waals surface area contributed by atoms with Crippen LogP contribution in [0.1, 0.15) is 5.56 Å². The molecule has 4 rings (SSSR count). The second kappa shape index (κ2) is 8.10. The monoisotopic (exact) mass is 445 g/mol. The summed E-state index contributed by atoms with van der Waals surface area (Å²) in [5.41, 5.74) is 2.40. The highest BCUT2D eigenvalue weighted by Crippen LogP contribution is 2.25. The van der Waals surface area contributed by atoms with Gasteiger partial charge in [0.05, 0.1) is 7.11 Å². The van der Waals surface area contributed by atoms with Gasteiger partial charge >= 0.3 is 15.2 Å². The number of hydrogen-bond donors (Lipinski definition) is 1. The van der Waals surface area contributed by atoms with Crippen LogP contribution in [0.25, 0.3) is 11.0 Å². The molecule has 0 radical (unpaired) electrons. The Morgan fingerprint density at radius 3 is 2.38 bits per heavy atom. The van der Waals surface area contributed by atoms with Gasteiger partial charge in [-0.3, -0.25) is 0 Å². The van der Waals surface area contributed by atoms with E-state index in [-0.39, 0.29) is 4.90 Å². The Morgan fingerprint density at radius 1 is 1.00 bits per heavy atom. The van der Waals surface area contributed by atoms with Crippen LogP contribution in [0.3, 0.4) is 0 Å². The second-order valence-corrected chi connectivity index (χ2v) is 9.49. The largest absolute Gasteiger partial charge is 0.497 e. The highest BCUT2D eigenvalue weighted by atomic mass is 35.5. The van der Waals surface area contributed by atoms with Gasteiger partial charge in [0.1, 0.15) is 10.6 Å². The van der Waals surface area contributed by atoms with E-state index in [2.05, 4.69) is 4.98 Å². The maximum atomic E-state index is 13.5. The van der Waals surface area contributed by atoms with E-state index in [1.165, 1.54) is 15.7 Å². The Kier molecular flexibility index (Phi) is 5.54. The van der Waals surface area contributed by atoms with Gasteiger partial charge in [0.25, 0.3) is 0 Å². The second-order valence-electron chi connectivity index (χ2n) is 6.31. The SMILES string of the molecule is COc1ccc(S(=O)(=O)[n+]2c(SCc3ccc(Cl)cc3)[nH]c3ccccc32)cc1. The van der Waals surface area contributed by atoms with E-state index in [0.717, 1.165) is 11.1 Å². The Balaban J connectivity index is 1.77. The van der Waals surface area contributed by atoms with Crippen molar-refractivity contribution in [3.8, 4) is 5.75 Å². The van der Waals surface area contributed by atoms with Gasteiger partial charge in [-0.2, -0.15) is 8.42 Å². The smallest absolute Gasteiger partial charge is 0.336 e. The molecule has 0 aliphatic rings. The number of fused-ring (bicyclic) bond motifs is 1. The van der Waals surface area contributed by atoms with Crippen LogP contribution >= 0.6 is 23.4 Å². The summed E-state index contributed by atoms with van der Waals surface area (Å²) < 4.78 is 33.4. The summed E-state index contributed by atoms with van der Waals surface area (Å²) >= 11 is 7.37. The maximum Gasteiger partial charge on any atom is 0.336 e. The highest BCUT2D eigenvalue weighted by Gasteiger charge is 2.31. The Bertz CT molecular complexity index is 1250. The molecule has 1 aromatic heterocycles. The molecule has 1 heterocycles. The first kappa shape index (κ1) is 19.8. The number of benzene rings is 3. The van der Waals surface area contributed by atoms with Crippen LogP contribution < -0.4 is 8.71 Å². The van der Waals surface area contributed by atoms with Crippen LogP contribution in [-0.2, 0) is 15.8 Å². The fourth-order valence-corrected chi connectivity index (χ4v) is 5.80. The lowest BCUT2D eigenvalue weighted by Gasteiger charge is -2.05. The third kappa shape index (κ3) is 3.99. The minimum absolute atomic E-state index is 0.196. The quantitative estimate of drug-likeness (QED) is 0.346. The van der Waals surface area contributed by atoms with Crippen LogP contribution in [-0.4, -0.2) is 20.5 Å². The van der Waals surface area contributed by atoms with Crippen LogP contribution in [0.4, 0.5) is 0 Å². The first-order chi connectivity index (χ1) is 14.0. The van der Waals surface area contributed by atoms with Gasteiger partial charge in [-0.1, -0.05) is 35.9 Å². The molecule has 0 saturated heterocycles. The summed E-state index contributed by atoms with van der Waals surface area (Å²) in [5, 5.41) is 1.21. The van der Waals surface area contributed by atoms with Crippen molar-refractivity contribution >= 4 is 44.4 Å². The number of H-pyrrole nitrogens is 1. The molecular weight excluding hydrogens is 428 g/mol. The van der Waals surface area contributed by atoms with Crippen LogP contribution in [0.5, 0.6) is 5.75 Å². The van der Waals surface area contributed by atoms with Crippen LogP contribution in [0.2, 0.25) is 5.02 Å². The van der Waals surface area contributed by atoms with Crippen molar-refractivity contribution in [2.45, 2.75) is 15.8 Å². The lowest BCUT2D eigenvalue weighted by Crippen LogP contribution is -2.43. The van der Waals surface area contributed by atoms with Crippen molar-refractivity contribution in [1.82, 2.24) is 4.98 Å². The summed E-state index contributed by atoms with van der Waals surface area (Å²) in [5.74, 6) is 1.20. The Morgan fingerprint density at radius 2 is 1.69 bits per heavy atom. The van der Waals surface area contributed by atoms with Crippen molar-refractivity contribution in [3.05, 3.63) is 83.4 Å². The van der Waals surface area contributed by atoms with Crippen molar-refractivity contribution < 1.29 is 17.1 Å². The standard InChI is InChI=1S/C21H17ClN2O3S2/c1-27-17-10-12-18(13-11-17)29(25,26)24-20-5-3-2-4-19(20)23-21(24)28-14-15-6-8-16(22)9-7-15/h2-13H,14H2,1H3/p+1. The first-order valence-corrected chi connectivity index (χ1v) is 11.6. The average Bonchev–Trinajstić information content (AvgIpc) is 3.12. The van der Waals surface area contributed by atoms with Gasteiger partial charge in [0.15, 0.2) is 11.0 Å². The van der Waals surface area contributed by atoms with E-state index < -0.39 is 10.0 Å². The van der Waals surface area contributed by atoms with Gasteiger partial charge in [-0.05, 0) is 65.9 Å². The van der Waals surface area contributed by atoms with Crippen molar-refractivity contribution in [1.29, 1.82) is 0 Å². The predicted molar refractivity (Wildman–Crippen MR) is 115 cm³/mol. The summed E-state index contributed by atoms with van der Waals surface area (Å²) in [7, 11) is -2.26. The fourth-order valence-electron chi connectivity index (χ4n) is 2.95. The molecule has 0 spiro atoms. The minimum atomic E-state index is -3.80. The molecule has 0 atom stereocenters. The zero-order valence-electron chi connectivity index (χ0n) is 15.5. The molecule has 148 valence electrons. The fraction of sp³-hybridized carbons (Fsp3) is 0.0952. The van der Waals surface area contributed by atoms with Crippen molar-refractivity contribution in [2.24, 2.45) is 0 Å². The zero-order valence-corrected chi connectivity index (χ0v) is 17.9. The number of halogens is 1. The van der Waals surface area contributed by atoms with Crippen molar-refractivity contribution in [3.63, 3.8) is 0 Å². The number of nitrogens with one attached hydrogen (secondary N) is 1. The van der Waals surface area contributed by atoms with Gasteiger partial charge in [-0.25, -0.2) is 4.98 Å². The first-order valence-electron chi connectivity index (χ1n) is 8.79. The molecule has 4 aromatic rings. The molecule has 0 aliphatic heterocycles. The third-order valence-electron chi connectivity index (χ3n) is 4.44. The van der Waals surface area contributed by atoms with Gasteiger partial charge in [0, 0.05) is 10.8 Å². The molecular formula is C21H18ClN2O3S2+. The lowest BCUT2D eigenvalue weighted by molar-refractivity contribution is -0.526. The number of hydrogen-bond acceptors (Lipinski definition) is 4. The molecule has 1 N–H and O–H groups in total. The number of nitrogens with zero attached hydrogens (tertiary/aromatic N) is 1. The summed E-state index contributed by atoms with van der Waals surface area (Å²) in [4.78, 5) is 3.44. The van der Waals surface area contributed by atoms with E-state index >= 15 is 0 Å². The third-order valence-corrected chi connectivity index (χ3v) is 7.57. The Hall–Kier alpha value is -2.48. The van der Waals surface area contributed by atoms with E-state index in [0.29, 0.717) is 27.2 Å². The predicted octanol–water partition coefficient (Wildman–Crippen LogP) is 4.65. The normalized spacial score (nSPS) is 11.7. The maximum absolute atomic E-state index is 13.5. The van der Waals surface area contributed by atoms with E-state index in [1.54, 1.807) is 37.4 Å². The molecule has 0 fully saturated rings. The van der Waals surface area contributed by atoms with Gasteiger partial charge < -0.3 is 4.74 Å². The van der Waals surface area contributed by atoms with Crippen LogP contribution in [0, 0.1) is 0 Å². The molecule has 0 unspecified atom stereocenters. The summed E-state index contributed by atoms with van der Waals surface area (Å²) in [6.45, 7) is 0. The molecule has 29 heavy (non-hydrogen) atoms. The lowest BCUT2D eigenvalue weighted by atomic mass is 10.2. The Labute approximate surface area is 178 Å². The average molecular weight is 446 g/mol. The summed E-state index contributed by atoms with van der Waals surface area (Å²) in [6.07, 6.45) is 0. The van der Waals surface area contributed by atoms with Gasteiger partial charge in [0.2, 0.25) is 0 Å². The molecule has 0 saturated carbocycles. The molecule has 0 aliphatic carbocycles. The number of ether oxygens (including phenoxy) is 1. The number of para-hydroxylation sites is 2. The summed E-state index contributed by atoms with van der Waals surface area (Å²) in [6, 6.07) is 21.2. The minimum Gasteiger partial charge on any atom is -0.497 e. The number of methoxy groups -OCH3 is 1. The molecule has 0 bridgehead atoms. The van der Waals surface area contributed by atoms with E-state index in [1.807, 2.05) is 42.5 Å². The molecule has 0 amide bonds. The number of imidazole rings is 1. The van der Waals surface area contributed by atoms with Crippen LogP contribution in [0.15, 0.2) is 82.8 Å². The van der Waals surface area contributed by atoms with Gasteiger partial charge in [-0.15, -0.1) is 3.97 Å². The number of thioether (sulfide) groups is 1. The number of aromatic amines is 1. The topological polar surface area (TPSA) is 63.0 Å². The van der Waals surface area contributed by atoms with E-state index in [4.69, 9.17) is 16.3 Å². The molecule has 5 nitrogen and oxygen atoms in total. The molecule has 3 aromatic carbocycles. The highest BCUT2D eigenvalue weighted by molar-refractivity contribution is 7.98. The molecule has 8 heteroatoms.